The molecule has 0 saturated carbocycles. The second-order valence-electron chi connectivity index (χ2n) is 3.70. The van der Waals surface area contributed by atoms with Crippen LogP contribution in [-0.4, -0.2) is 38.6 Å². The summed E-state index contributed by atoms with van der Waals surface area (Å²) in [6, 6.07) is -2.85. The van der Waals surface area contributed by atoms with E-state index in [4.69, 9.17) is 10.8 Å². The lowest BCUT2D eigenvalue weighted by molar-refractivity contribution is -0.182. The van der Waals surface area contributed by atoms with Gasteiger partial charge in [-0.3, -0.25) is 0 Å². The predicted octanol–water partition coefficient (Wildman–Crippen LogP) is -1.46. The molecule has 2 heterocycles. The molecule has 0 fully saturated rings. The summed E-state index contributed by atoms with van der Waals surface area (Å²) in [7, 11) is 0. The van der Waals surface area contributed by atoms with Gasteiger partial charge in [0.15, 0.2) is 6.10 Å². The smallest absolute Gasteiger partial charge is 0.392 e. The first-order valence-electron chi connectivity index (χ1n) is 5.06. The van der Waals surface area contributed by atoms with E-state index < -0.39 is 30.0 Å². The Hall–Kier alpha value is -2.20. The van der Waals surface area contributed by atoms with Gasteiger partial charge in [0.25, 0.3) is 0 Å². The minimum Gasteiger partial charge on any atom is -0.392 e. The van der Waals surface area contributed by atoms with Gasteiger partial charge in [0, 0.05) is 11.8 Å². The molecule has 1 aliphatic heterocycles. The van der Waals surface area contributed by atoms with E-state index in [-0.39, 0.29) is 11.0 Å². The molecular weight excluding hydrogens is 266 g/mol. The van der Waals surface area contributed by atoms with Crippen LogP contribution in [0.3, 0.4) is 0 Å². The van der Waals surface area contributed by atoms with Gasteiger partial charge in [-0.05, 0) is 6.07 Å². The van der Waals surface area contributed by atoms with Crippen molar-refractivity contribution in [1.82, 2.24) is 9.66 Å². The van der Waals surface area contributed by atoms with Gasteiger partial charge in [-0.25, -0.2) is 4.79 Å². The van der Waals surface area contributed by atoms with Crippen molar-refractivity contribution in [3.8, 4) is 0 Å². The Labute approximate surface area is 104 Å². The zero-order valence-corrected chi connectivity index (χ0v) is 9.40. The highest BCUT2D eigenvalue weighted by molar-refractivity contribution is 5.24. The van der Waals surface area contributed by atoms with Crippen molar-refractivity contribution in [2.24, 2.45) is 0 Å². The minimum absolute atomic E-state index is 0.145. The topological polar surface area (TPSA) is 114 Å². The molecule has 0 unspecified atom stereocenters. The number of rotatable bonds is 2. The van der Waals surface area contributed by atoms with E-state index in [0.29, 0.717) is 4.68 Å². The van der Waals surface area contributed by atoms with Gasteiger partial charge >= 0.3 is 11.7 Å². The zero-order valence-electron chi connectivity index (χ0n) is 9.40. The third-order valence-corrected chi connectivity index (χ3v) is 2.42. The summed E-state index contributed by atoms with van der Waals surface area (Å²) in [4.78, 5) is 19.3. The number of nitrogens with two attached hydrogens (primary N) is 1. The number of hydroxylamine groups is 1. The van der Waals surface area contributed by atoms with Gasteiger partial charge in [-0.1, -0.05) is 5.17 Å². The molecular formula is C9H10F2N4O4. The Bertz CT molecular complexity index is 574. The number of nitrogen functional groups attached to an aromatic ring is 1. The first-order chi connectivity index (χ1) is 8.87. The third-order valence-electron chi connectivity index (χ3n) is 2.42. The predicted molar refractivity (Wildman–Crippen MR) is 58.3 cm³/mol. The summed E-state index contributed by atoms with van der Waals surface area (Å²) >= 11 is 0. The highest BCUT2D eigenvalue weighted by Gasteiger charge is 2.52. The van der Waals surface area contributed by atoms with Gasteiger partial charge in [0.2, 0.25) is 0 Å². The van der Waals surface area contributed by atoms with E-state index in [0.717, 1.165) is 18.5 Å². The van der Waals surface area contributed by atoms with Crippen LogP contribution in [0.4, 0.5) is 14.6 Å². The van der Waals surface area contributed by atoms with Crippen molar-refractivity contribution in [3.05, 3.63) is 34.6 Å². The lowest BCUT2D eigenvalue weighted by atomic mass is 10.1. The van der Waals surface area contributed by atoms with E-state index >= 15 is 0 Å². The summed E-state index contributed by atoms with van der Waals surface area (Å²) in [6.45, 7) is -0.806. The molecule has 0 aliphatic carbocycles. The third kappa shape index (κ3) is 2.11. The molecule has 2 rings (SSSR count). The van der Waals surface area contributed by atoms with Crippen LogP contribution in [0.1, 0.15) is 0 Å². The number of aliphatic hydroxyl groups excluding tert-OH is 2. The molecule has 4 N–H and O–H groups in total. The number of nitrogens with zero attached hydrogens (tertiary/aromatic N) is 3. The molecule has 1 aromatic heterocycles. The fourth-order valence-electron chi connectivity index (χ4n) is 1.45. The molecule has 104 valence electrons. The summed E-state index contributed by atoms with van der Waals surface area (Å²) in [5.74, 6) is -0.145. The molecule has 1 aliphatic rings. The number of halogens is 2. The van der Waals surface area contributed by atoms with Crippen LogP contribution in [0, 0.1) is 0 Å². The standard InChI is InChI=1S/C9H10F2N4O4/c10-9(11)7(17)5(3-16)4-19-15(9)14-2-1-6(12)13-8(14)18/h1-2,4,7,16-17H,3H2,(H2,12,13,18)/t7-/m1/s1. The van der Waals surface area contributed by atoms with Crippen LogP contribution in [0.5, 0.6) is 0 Å². The largest absolute Gasteiger partial charge is 0.399 e. The molecule has 0 radical (unpaired) electrons. The molecule has 0 saturated heterocycles. The van der Waals surface area contributed by atoms with Gasteiger partial charge in [-0.2, -0.15) is 18.4 Å². The SMILES string of the molecule is Nc1ccn(N2OC=C(CO)[C@@H](O)C2(F)F)c(=O)n1. The Morgan fingerprint density at radius 1 is 1.58 bits per heavy atom. The van der Waals surface area contributed by atoms with Gasteiger partial charge in [0.1, 0.15) is 12.1 Å². The summed E-state index contributed by atoms with van der Waals surface area (Å²) in [6.07, 6.45) is -0.677. The Kier molecular flexibility index (Phi) is 3.12. The van der Waals surface area contributed by atoms with E-state index in [1.54, 1.807) is 0 Å². The molecule has 19 heavy (non-hydrogen) atoms. The van der Waals surface area contributed by atoms with E-state index in [1.807, 2.05) is 0 Å². The number of hydrogen-bond acceptors (Lipinski definition) is 7. The van der Waals surface area contributed by atoms with Crippen LogP contribution in [0.25, 0.3) is 0 Å². The van der Waals surface area contributed by atoms with Crippen molar-refractivity contribution >= 4 is 5.82 Å². The van der Waals surface area contributed by atoms with Crippen LogP contribution in [0.2, 0.25) is 0 Å². The van der Waals surface area contributed by atoms with Gasteiger partial charge < -0.3 is 20.8 Å². The molecule has 0 aromatic carbocycles. The lowest BCUT2D eigenvalue weighted by Gasteiger charge is -2.37. The maximum Gasteiger partial charge on any atom is 0.399 e. The van der Waals surface area contributed by atoms with E-state index in [2.05, 4.69) is 9.82 Å². The fraction of sp³-hybridized carbons (Fsp3) is 0.333. The molecule has 1 aromatic rings. The summed E-state index contributed by atoms with van der Waals surface area (Å²) in [5, 5.41) is 18.1. The highest BCUT2D eigenvalue weighted by atomic mass is 19.3. The number of aromatic nitrogens is 2. The first kappa shape index (κ1) is 13.2. The second-order valence-corrected chi connectivity index (χ2v) is 3.70. The fourth-order valence-corrected chi connectivity index (χ4v) is 1.45. The molecule has 0 amide bonds. The van der Waals surface area contributed by atoms with Gasteiger partial charge in [-0.15, -0.1) is 0 Å². The molecule has 0 bridgehead atoms. The van der Waals surface area contributed by atoms with Crippen molar-refractivity contribution in [3.63, 3.8) is 0 Å². The van der Waals surface area contributed by atoms with Crippen LogP contribution < -0.4 is 16.6 Å². The number of anilines is 1. The van der Waals surface area contributed by atoms with Crippen LogP contribution >= 0.6 is 0 Å². The van der Waals surface area contributed by atoms with Crippen LogP contribution in [-0.2, 0) is 4.84 Å². The first-order valence-corrected chi connectivity index (χ1v) is 5.06. The van der Waals surface area contributed by atoms with Crippen LogP contribution in [0.15, 0.2) is 28.9 Å². The minimum atomic E-state index is -3.96. The molecule has 10 heteroatoms. The quantitative estimate of drug-likeness (QED) is 0.565. The van der Waals surface area contributed by atoms with E-state index in [1.165, 1.54) is 0 Å². The van der Waals surface area contributed by atoms with Crippen molar-refractivity contribution < 1.29 is 23.8 Å². The lowest BCUT2D eigenvalue weighted by Crippen LogP contribution is -2.60. The van der Waals surface area contributed by atoms with Crippen molar-refractivity contribution in [2.45, 2.75) is 12.2 Å². The summed E-state index contributed by atoms with van der Waals surface area (Å²) in [5.41, 5.74) is 3.71. The summed E-state index contributed by atoms with van der Waals surface area (Å²) < 4.78 is 28.0. The maximum absolute atomic E-state index is 13.8. The molecule has 1 atom stereocenters. The van der Waals surface area contributed by atoms with Crippen molar-refractivity contribution in [1.29, 1.82) is 0 Å². The van der Waals surface area contributed by atoms with E-state index in [9.17, 15) is 18.7 Å². The number of hydrogen-bond donors (Lipinski definition) is 3. The van der Waals surface area contributed by atoms with Crippen molar-refractivity contribution in [2.75, 3.05) is 17.5 Å². The highest BCUT2D eigenvalue weighted by Crippen LogP contribution is 2.30. The normalized spacial score (nSPS) is 21.8. The number of aliphatic hydroxyl groups is 2. The Balaban J connectivity index is 2.46. The Morgan fingerprint density at radius 2 is 2.26 bits per heavy atom. The molecule has 8 nitrogen and oxygen atoms in total. The number of alkyl halides is 2. The van der Waals surface area contributed by atoms with Gasteiger partial charge in [0.05, 0.1) is 6.61 Å². The zero-order chi connectivity index (χ0) is 14.2. The maximum atomic E-state index is 13.8. The Morgan fingerprint density at radius 3 is 2.84 bits per heavy atom. The average molecular weight is 276 g/mol. The molecule has 0 spiro atoms. The average Bonchev–Trinajstić information content (AvgIpc) is 2.34. The second kappa shape index (κ2) is 4.48. The monoisotopic (exact) mass is 276 g/mol.